The molecule has 0 saturated heterocycles. The van der Waals surface area contributed by atoms with Crippen molar-refractivity contribution in [2.75, 3.05) is 0 Å². The molecular formula is C51H75Cl3SiTi. The van der Waals surface area contributed by atoms with Crippen molar-refractivity contribution in [3.63, 3.8) is 0 Å². The van der Waals surface area contributed by atoms with Gasteiger partial charge in [-0.1, -0.05) is 0 Å². The summed E-state index contributed by atoms with van der Waals surface area (Å²) < 4.78 is 1.51. The number of hydrogen-bond donors (Lipinski definition) is 0. The molecule has 0 fully saturated rings. The third kappa shape index (κ3) is 11.0. The number of allylic oxidation sites excluding steroid dienone is 4. The standard InChI is InChI=1S/C51H75Si.3ClH.Ti/c1-45(2,3)34-22-23-41(27-34)52(42-28-35(46(4,5)6)24-36(29-42)47(7,8)9,43-30-37(48(10,11)12)25-38(31-43)49(13,14)15)44-32-39(50(16,17)18)26-40(33-44)51(19,20)21;;;;/h22,24-26,28-33H,23H2,1-21H3;3*1H;/q;;;;+3/p-3. The Morgan fingerprint density at radius 3 is 0.732 bits per heavy atom. The Kier molecular flexibility index (Phi) is 16.2. The first-order valence-corrected chi connectivity index (χ1v) is 23.0. The van der Waals surface area contributed by atoms with Gasteiger partial charge >= 0.3 is 342 Å². The zero-order valence-electron chi connectivity index (χ0n) is 39.1. The van der Waals surface area contributed by atoms with Crippen molar-refractivity contribution in [3.05, 3.63) is 109 Å². The van der Waals surface area contributed by atoms with Gasteiger partial charge in [-0.2, -0.15) is 0 Å². The molecule has 3 aromatic carbocycles. The second-order valence-electron chi connectivity index (χ2n) is 23.6. The number of halogens is 3. The van der Waals surface area contributed by atoms with Crippen LogP contribution in [0, 0.1) is 5.41 Å². The Balaban J connectivity index is 0.00000523. The van der Waals surface area contributed by atoms with E-state index in [0.717, 1.165) is 6.42 Å². The molecule has 0 radical (unpaired) electrons. The molecule has 0 atom stereocenters. The van der Waals surface area contributed by atoms with E-state index in [1.165, 1.54) is 58.4 Å². The summed E-state index contributed by atoms with van der Waals surface area (Å²) in [7, 11) is -3.01. The zero-order valence-corrected chi connectivity index (χ0v) is 43.9. The Bertz CT molecular complexity index is 1650. The van der Waals surface area contributed by atoms with Crippen molar-refractivity contribution in [3.8, 4) is 0 Å². The van der Waals surface area contributed by atoms with Gasteiger partial charge in [0.25, 0.3) is 0 Å². The second kappa shape index (κ2) is 17.1. The number of rotatable bonds is 4. The number of hydrogen-bond acceptors (Lipinski definition) is 0. The van der Waals surface area contributed by atoms with E-state index in [2.05, 4.69) is 227 Å². The molecule has 308 valence electrons. The van der Waals surface area contributed by atoms with Crippen LogP contribution in [0.25, 0.3) is 0 Å². The maximum atomic E-state index is 2.66. The maximum Gasteiger partial charge on any atom is -1.00 e. The first-order chi connectivity index (χ1) is 23.6. The average molecular weight is 870 g/mol. The van der Waals surface area contributed by atoms with Crippen molar-refractivity contribution >= 4 is 23.6 Å². The fourth-order valence-corrected chi connectivity index (χ4v) is 14.7. The molecule has 0 N–H and O–H groups in total. The van der Waals surface area contributed by atoms with Gasteiger partial charge in [0.05, 0.1) is 0 Å². The second-order valence-corrected chi connectivity index (χ2v) is 28.2. The van der Waals surface area contributed by atoms with E-state index in [9.17, 15) is 0 Å². The molecule has 0 nitrogen and oxygen atoms in total. The van der Waals surface area contributed by atoms with Crippen LogP contribution in [0.4, 0.5) is 0 Å². The molecule has 0 amide bonds. The minimum absolute atomic E-state index is 0. The summed E-state index contributed by atoms with van der Waals surface area (Å²) in [4.78, 5) is 0. The van der Waals surface area contributed by atoms with Gasteiger partial charge < -0.3 is 37.2 Å². The van der Waals surface area contributed by atoms with Gasteiger partial charge in [0.15, 0.2) is 0 Å². The zero-order chi connectivity index (χ0) is 40.7. The van der Waals surface area contributed by atoms with E-state index in [-0.39, 0.29) is 75.1 Å². The summed E-state index contributed by atoms with van der Waals surface area (Å²) >= 11 is 2.47. The predicted molar refractivity (Wildman–Crippen MR) is 235 cm³/mol. The molecule has 56 heavy (non-hydrogen) atoms. The molecule has 0 unspecified atom stereocenters. The molecule has 1 aliphatic rings. The smallest absolute Gasteiger partial charge is 1.00 e. The summed E-state index contributed by atoms with van der Waals surface area (Å²) in [5.74, 6) is 0. The molecule has 0 bridgehead atoms. The van der Waals surface area contributed by atoms with Crippen LogP contribution in [0.5, 0.6) is 0 Å². The van der Waals surface area contributed by atoms with E-state index in [0.29, 0.717) is 0 Å². The minimum atomic E-state index is -3.01. The van der Waals surface area contributed by atoms with Crippen LogP contribution in [-0.4, -0.2) is 8.07 Å². The average Bonchev–Trinajstić information content (AvgIpc) is 3.36. The molecule has 3 aromatic rings. The van der Waals surface area contributed by atoms with E-state index >= 15 is 0 Å². The van der Waals surface area contributed by atoms with Crippen LogP contribution in [0.3, 0.4) is 0 Å². The van der Waals surface area contributed by atoms with Crippen LogP contribution in [-0.2, 0) is 52.9 Å². The fourth-order valence-electron chi connectivity index (χ4n) is 7.75. The van der Waals surface area contributed by atoms with Gasteiger partial charge in [0.2, 0.25) is 0 Å². The molecule has 0 aliphatic heterocycles. The van der Waals surface area contributed by atoms with Crippen LogP contribution in [0.1, 0.15) is 185 Å². The third-order valence-corrected chi connectivity index (χ3v) is 17.7. The molecule has 4 rings (SSSR count). The fraction of sp³-hybridized carbons (Fsp3) is 0.569. The summed E-state index contributed by atoms with van der Waals surface area (Å²) in [5, 5.41) is 6.25. The van der Waals surface area contributed by atoms with Crippen LogP contribution in [0.2, 0.25) is 0 Å². The van der Waals surface area contributed by atoms with E-state index in [1.54, 1.807) is 5.20 Å². The molecule has 0 heterocycles. The molecule has 0 aromatic heterocycles. The quantitative estimate of drug-likeness (QED) is 0.278. The van der Waals surface area contributed by atoms with Crippen molar-refractivity contribution in [1.82, 2.24) is 0 Å². The first kappa shape index (κ1) is 53.0. The van der Waals surface area contributed by atoms with E-state index in [1.807, 2.05) is 0 Å². The normalized spacial score (nSPS) is 14.9. The van der Waals surface area contributed by atoms with Gasteiger partial charge in [0, 0.05) is 0 Å². The molecule has 5 heteroatoms. The Labute approximate surface area is 377 Å². The largest absolute Gasteiger partial charge is 1.00 e. The van der Waals surface area contributed by atoms with Crippen LogP contribution < -0.4 is 52.8 Å². The summed E-state index contributed by atoms with van der Waals surface area (Å²) in [6, 6.07) is 23.6. The molecule has 0 saturated carbocycles. The van der Waals surface area contributed by atoms with Gasteiger partial charge in [-0.05, 0) is 0 Å². The maximum absolute atomic E-state index is 3.01. The van der Waals surface area contributed by atoms with Crippen LogP contribution in [0.15, 0.2) is 75.3 Å². The van der Waals surface area contributed by atoms with E-state index < -0.39 is 8.07 Å². The minimum Gasteiger partial charge on any atom is -1.00 e. The molecule has 1 aliphatic carbocycles. The third-order valence-electron chi connectivity index (χ3n) is 11.6. The summed E-state index contributed by atoms with van der Waals surface area (Å²) in [6.07, 6.45) is 3.59. The van der Waals surface area contributed by atoms with Crippen molar-refractivity contribution in [1.29, 1.82) is 0 Å². The molecular weight excluding hydrogens is 795 g/mol. The van der Waals surface area contributed by atoms with Crippen LogP contribution >= 0.6 is 0 Å². The Morgan fingerprint density at radius 2 is 0.571 bits per heavy atom. The van der Waals surface area contributed by atoms with E-state index in [4.69, 9.17) is 0 Å². The number of benzene rings is 3. The summed E-state index contributed by atoms with van der Waals surface area (Å²) in [6.45, 7) is 50.4. The first-order valence-electron chi connectivity index (χ1n) is 20.2. The van der Waals surface area contributed by atoms with Crippen molar-refractivity contribution < 1.29 is 57.7 Å². The van der Waals surface area contributed by atoms with Gasteiger partial charge in [-0.25, -0.2) is 0 Å². The Hall–Kier alpha value is -1.06. The van der Waals surface area contributed by atoms with Gasteiger partial charge in [-0.15, -0.1) is 0 Å². The topological polar surface area (TPSA) is 0 Å². The predicted octanol–water partition coefficient (Wildman–Crippen LogP) is 3.67. The van der Waals surface area contributed by atoms with Gasteiger partial charge in [0.1, 0.15) is 0 Å². The van der Waals surface area contributed by atoms with Crippen molar-refractivity contribution in [2.45, 2.75) is 184 Å². The van der Waals surface area contributed by atoms with Crippen molar-refractivity contribution in [2.24, 2.45) is 5.41 Å². The molecule has 0 spiro atoms. The monoisotopic (exact) mass is 868 g/mol. The SMILES string of the molecule is CC(C)(C)C1=CCC([Si](c2cc(C(C)(C)C)cc(C(C)(C)C)c2)(c2cc(C(C)(C)C)cc(C(C)(C)C)c2)c2cc(C(C)(C)C)cc(C(C)(C)C)c2)=[C]1[Ti+3].[Cl-].[Cl-].[Cl-]. The van der Waals surface area contributed by atoms with Gasteiger partial charge in [-0.3, -0.25) is 0 Å². The Morgan fingerprint density at radius 1 is 0.357 bits per heavy atom. The summed E-state index contributed by atoms with van der Waals surface area (Å²) in [5.41, 5.74) is 10.2.